The lowest BCUT2D eigenvalue weighted by Gasteiger charge is -2.05. The van der Waals surface area contributed by atoms with Gasteiger partial charge in [0.1, 0.15) is 17.7 Å². The van der Waals surface area contributed by atoms with Gasteiger partial charge in [0.05, 0.1) is 24.4 Å². The van der Waals surface area contributed by atoms with Crippen molar-refractivity contribution in [2.45, 2.75) is 27.0 Å². The van der Waals surface area contributed by atoms with Crippen molar-refractivity contribution in [3.05, 3.63) is 83.5 Å². The average Bonchev–Trinajstić information content (AvgIpc) is 3.48. The molecule has 0 atom stereocenters. The second-order valence-corrected chi connectivity index (χ2v) is 7.03. The molecule has 150 valence electrons. The number of nitrogens with zero attached hydrogens (tertiary/aromatic N) is 6. The van der Waals surface area contributed by atoms with Gasteiger partial charge in [0.25, 0.3) is 0 Å². The van der Waals surface area contributed by atoms with Crippen molar-refractivity contribution < 1.29 is 9.25 Å². The first-order valence-corrected chi connectivity index (χ1v) is 9.63. The van der Waals surface area contributed by atoms with Gasteiger partial charge in [-0.1, -0.05) is 35.5 Å². The normalized spacial score (nSPS) is 11.8. The van der Waals surface area contributed by atoms with Crippen LogP contribution in [0.25, 0.3) is 16.7 Å². The number of fused-ring (bicyclic) bond motifs is 3. The predicted molar refractivity (Wildman–Crippen MR) is 112 cm³/mol. The van der Waals surface area contributed by atoms with Crippen LogP contribution in [0.2, 0.25) is 0 Å². The monoisotopic (exact) mass is 400 g/mol. The van der Waals surface area contributed by atoms with Gasteiger partial charge in [-0.25, -0.2) is 14.5 Å². The molecule has 8 heteroatoms. The molecule has 0 N–H and O–H groups in total. The van der Waals surface area contributed by atoms with E-state index in [0.717, 1.165) is 39.3 Å². The summed E-state index contributed by atoms with van der Waals surface area (Å²) >= 11 is 0. The van der Waals surface area contributed by atoms with Crippen molar-refractivity contribution in [3.63, 3.8) is 0 Å². The molecule has 1 aromatic carbocycles. The number of hydrogen-bond donors (Lipinski definition) is 0. The summed E-state index contributed by atoms with van der Waals surface area (Å²) in [6, 6.07) is 13.6. The Kier molecular flexibility index (Phi) is 4.51. The molecular weight excluding hydrogens is 380 g/mol. The molecule has 0 fully saturated rings. The van der Waals surface area contributed by atoms with Crippen LogP contribution in [0.3, 0.4) is 0 Å². The van der Waals surface area contributed by atoms with Crippen LogP contribution < -0.4 is 0 Å². The number of rotatable bonds is 6. The third kappa shape index (κ3) is 3.22. The highest BCUT2D eigenvalue weighted by atomic mass is 16.6. The number of aryl methyl sites for hydroxylation is 1. The minimum absolute atomic E-state index is 0.178. The van der Waals surface area contributed by atoms with Crippen molar-refractivity contribution in [1.29, 1.82) is 0 Å². The van der Waals surface area contributed by atoms with Gasteiger partial charge in [0.2, 0.25) is 0 Å². The van der Waals surface area contributed by atoms with Crippen LogP contribution in [0, 0.1) is 13.8 Å². The molecule has 0 aliphatic rings. The van der Waals surface area contributed by atoms with Crippen LogP contribution in [0.5, 0.6) is 0 Å². The predicted octanol–water partition coefficient (Wildman–Crippen LogP) is 3.89. The fourth-order valence-corrected chi connectivity index (χ4v) is 3.52. The van der Waals surface area contributed by atoms with E-state index in [-0.39, 0.29) is 6.61 Å². The molecule has 30 heavy (non-hydrogen) atoms. The summed E-state index contributed by atoms with van der Waals surface area (Å²) in [5, 5.41) is 9.46. The molecule has 4 aromatic heterocycles. The van der Waals surface area contributed by atoms with E-state index in [9.17, 15) is 0 Å². The molecule has 0 aliphatic carbocycles. The van der Waals surface area contributed by atoms with E-state index in [2.05, 4.69) is 38.6 Å². The van der Waals surface area contributed by atoms with Crippen molar-refractivity contribution in [3.8, 4) is 0 Å². The maximum absolute atomic E-state index is 5.52. The lowest BCUT2D eigenvalue weighted by atomic mass is 10.2. The second-order valence-electron chi connectivity index (χ2n) is 7.03. The van der Waals surface area contributed by atoms with Gasteiger partial charge in [-0.3, -0.25) is 0 Å². The van der Waals surface area contributed by atoms with Crippen LogP contribution in [0.1, 0.15) is 28.4 Å². The Morgan fingerprint density at radius 2 is 1.97 bits per heavy atom. The molecule has 0 spiro atoms. The van der Waals surface area contributed by atoms with Crippen LogP contribution in [0.15, 0.2) is 64.6 Å². The van der Waals surface area contributed by atoms with E-state index in [1.165, 1.54) is 0 Å². The fourth-order valence-electron chi connectivity index (χ4n) is 3.52. The summed E-state index contributed by atoms with van der Waals surface area (Å²) in [6.07, 6.45) is 5.02. The zero-order chi connectivity index (χ0) is 20.5. The van der Waals surface area contributed by atoms with Gasteiger partial charge in [-0.2, -0.15) is 0 Å². The standard InChI is InChI=1S/C22H20N6O2/c1-15-16(2)27(12-18-9-6-10-29-18)21-20(15)22-25-19(26-28(22)14-23-21)13-30-24-11-17-7-4-3-5-8-17/h3-11,14H,12-13H2,1-2H3. The molecule has 0 amide bonds. The summed E-state index contributed by atoms with van der Waals surface area (Å²) < 4.78 is 9.34. The highest BCUT2D eigenvalue weighted by Crippen LogP contribution is 2.27. The van der Waals surface area contributed by atoms with E-state index in [0.29, 0.717) is 12.4 Å². The molecule has 4 heterocycles. The number of aromatic nitrogens is 5. The first-order valence-electron chi connectivity index (χ1n) is 9.63. The van der Waals surface area contributed by atoms with Gasteiger partial charge in [0, 0.05) is 5.69 Å². The maximum Gasteiger partial charge on any atom is 0.192 e. The van der Waals surface area contributed by atoms with Crippen molar-refractivity contribution in [2.75, 3.05) is 0 Å². The van der Waals surface area contributed by atoms with E-state index in [1.54, 1.807) is 23.3 Å². The summed E-state index contributed by atoms with van der Waals surface area (Å²) in [5.74, 6) is 1.42. The highest BCUT2D eigenvalue weighted by Gasteiger charge is 2.18. The largest absolute Gasteiger partial charge is 0.467 e. The summed E-state index contributed by atoms with van der Waals surface area (Å²) in [4.78, 5) is 14.7. The lowest BCUT2D eigenvalue weighted by Crippen LogP contribution is -2.02. The molecule has 0 radical (unpaired) electrons. The van der Waals surface area contributed by atoms with Gasteiger partial charge in [-0.15, -0.1) is 5.10 Å². The van der Waals surface area contributed by atoms with Gasteiger partial charge in [-0.05, 0) is 37.1 Å². The summed E-state index contributed by atoms with van der Waals surface area (Å²) in [6.45, 7) is 4.95. The Bertz CT molecular complexity index is 1330. The van der Waals surface area contributed by atoms with E-state index in [1.807, 2.05) is 42.5 Å². The molecule has 0 unspecified atom stereocenters. The molecule has 0 bridgehead atoms. The topological polar surface area (TPSA) is 82.7 Å². The van der Waals surface area contributed by atoms with Gasteiger partial charge < -0.3 is 13.8 Å². The molecule has 8 nitrogen and oxygen atoms in total. The minimum atomic E-state index is 0.178. The lowest BCUT2D eigenvalue weighted by molar-refractivity contribution is 0.126. The third-order valence-corrected chi connectivity index (χ3v) is 5.15. The number of hydrogen-bond acceptors (Lipinski definition) is 6. The molecule has 5 rings (SSSR count). The summed E-state index contributed by atoms with van der Waals surface area (Å²) in [7, 11) is 0. The number of oxime groups is 1. The Morgan fingerprint density at radius 3 is 2.77 bits per heavy atom. The van der Waals surface area contributed by atoms with Crippen LogP contribution in [0.4, 0.5) is 0 Å². The van der Waals surface area contributed by atoms with Crippen molar-refractivity contribution in [1.82, 2.24) is 24.1 Å². The Balaban J connectivity index is 1.44. The van der Waals surface area contributed by atoms with E-state index in [4.69, 9.17) is 9.25 Å². The highest BCUT2D eigenvalue weighted by molar-refractivity contribution is 5.93. The Labute approximate surface area is 172 Å². The number of benzene rings is 1. The molecule has 0 aliphatic heterocycles. The Morgan fingerprint density at radius 1 is 1.10 bits per heavy atom. The molecule has 0 saturated carbocycles. The average molecular weight is 400 g/mol. The molecule has 5 aromatic rings. The van der Waals surface area contributed by atoms with Gasteiger partial charge >= 0.3 is 0 Å². The molecular formula is C22H20N6O2. The van der Waals surface area contributed by atoms with Crippen molar-refractivity contribution >= 4 is 22.9 Å². The second kappa shape index (κ2) is 7.47. The smallest absolute Gasteiger partial charge is 0.192 e. The first kappa shape index (κ1) is 18.1. The van der Waals surface area contributed by atoms with Gasteiger partial charge in [0.15, 0.2) is 18.1 Å². The van der Waals surface area contributed by atoms with Crippen LogP contribution in [-0.4, -0.2) is 30.4 Å². The fraction of sp³-hybridized carbons (Fsp3) is 0.182. The number of furan rings is 1. The third-order valence-electron chi connectivity index (χ3n) is 5.15. The summed E-state index contributed by atoms with van der Waals surface area (Å²) in [5.41, 5.74) is 4.82. The zero-order valence-electron chi connectivity index (χ0n) is 16.7. The van der Waals surface area contributed by atoms with E-state index < -0.39 is 0 Å². The van der Waals surface area contributed by atoms with Crippen LogP contribution in [-0.2, 0) is 18.0 Å². The minimum Gasteiger partial charge on any atom is -0.467 e. The Hall–Kier alpha value is -3.94. The SMILES string of the molecule is Cc1c(C)n(Cc2ccco2)c2ncn3nc(CON=Cc4ccccc4)nc3c12. The van der Waals surface area contributed by atoms with Crippen LogP contribution >= 0.6 is 0 Å². The first-order chi connectivity index (χ1) is 14.7. The van der Waals surface area contributed by atoms with E-state index >= 15 is 0 Å². The van der Waals surface area contributed by atoms with Crippen molar-refractivity contribution in [2.24, 2.45) is 5.16 Å². The zero-order valence-corrected chi connectivity index (χ0v) is 16.7. The quantitative estimate of drug-likeness (QED) is 0.319. The molecule has 0 saturated heterocycles. The maximum atomic E-state index is 5.52.